The molecule has 2 amide bonds. The maximum absolute atomic E-state index is 14.7. The summed E-state index contributed by atoms with van der Waals surface area (Å²) in [6.07, 6.45) is -9.49. The number of hydrogen-bond acceptors (Lipinski definition) is 2. The number of halogens is 7. The van der Waals surface area contributed by atoms with Gasteiger partial charge in [-0.05, 0) is 42.8 Å². The number of nitrogens with zero attached hydrogens (tertiary/aromatic N) is 2. The summed E-state index contributed by atoms with van der Waals surface area (Å²) < 4.78 is 96.1. The van der Waals surface area contributed by atoms with Gasteiger partial charge in [0, 0.05) is 18.0 Å². The number of rotatable bonds is 3. The third-order valence-corrected chi connectivity index (χ3v) is 5.47. The van der Waals surface area contributed by atoms with Crippen molar-refractivity contribution in [3.63, 3.8) is 0 Å². The Bertz CT molecular complexity index is 1250. The number of benzene rings is 2. The van der Waals surface area contributed by atoms with Crippen LogP contribution in [-0.4, -0.2) is 28.7 Å². The molecule has 2 heterocycles. The summed E-state index contributed by atoms with van der Waals surface area (Å²) in [7, 11) is 0. The molecule has 0 bridgehead atoms. The van der Waals surface area contributed by atoms with Crippen LogP contribution < -0.4 is 4.90 Å². The van der Waals surface area contributed by atoms with Gasteiger partial charge in [-0.1, -0.05) is 18.2 Å². The first-order valence-electron chi connectivity index (χ1n) is 9.38. The Morgan fingerprint density at radius 2 is 1.24 bits per heavy atom. The van der Waals surface area contributed by atoms with Gasteiger partial charge in [0.05, 0.1) is 22.5 Å². The van der Waals surface area contributed by atoms with Gasteiger partial charge in [0.25, 0.3) is 11.8 Å². The number of hydrogen-bond donors (Lipinski definition) is 0. The number of carbonyl (C=O) groups excluding carboxylic acids is 2. The smallest absolute Gasteiger partial charge is 0.323 e. The van der Waals surface area contributed by atoms with E-state index in [0.717, 1.165) is 19.1 Å². The van der Waals surface area contributed by atoms with Crippen molar-refractivity contribution in [3.05, 3.63) is 83.2 Å². The van der Waals surface area contributed by atoms with E-state index in [0.29, 0.717) is 11.0 Å². The molecule has 0 fully saturated rings. The van der Waals surface area contributed by atoms with Gasteiger partial charge in [-0.25, -0.2) is 9.29 Å². The molecule has 1 aliphatic heterocycles. The van der Waals surface area contributed by atoms with Crippen LogP contribution >= 0.6 is 0 Å². The van der Waals surface area contributed by atoms with Crippen LogP contribution in [0.15, 0.2) is 60.9 Å². The Morgan fingerprint density at radius 3 is 1.82 bits per heavy atom. The zero-order chi connectivity index (χ0) is 24.3. The highest BCUT2D eigenvalue weighted by atomic mass is 19.4. The topological polar surface area (TPSA) is 42.3 Å². The molecule has 33 heavy (non-hydrogen) atoms. The normalized spacial score (nSPS) is 14.7. The molecule has 4 nitrogen and oxygen atoms in total. The van der Waals surface area contributed by atoms with Crippen LogP contribution in [0.25, 0.3) is 5.69 Å². The molecule has 1 aliphatic rings. The number of fused-ring (bicyclic) bond motifs is 1. The van der Waals surface area contributed by atoms with Gasteiger partial charge in [0.1, 0.15) is 0 Å². The van der Waals surface area contributed by atoms with E-state index in [1.165, 1.54) is 22.8 Å². The Morgan fingerprint density at radius 1 is 0.697 bits per heavy atom. The lowest BCUT2D eigenvalue weighted by molar-refractivity contribution is -0.348. The molecule has 0 aliphatic carbocycles. The van der Waals surface area contributed by atoms with Crippen LogP contribution in [0.5, 0.6) is 0 Å². The van der Waals surface area contributed by atoms with Crippen molar-refractivity contribution in [3.8, 4) is 5.69 Å². The number of alkyl halides is 7. The van der Waals surface area contributed by atoms with Gasteiger partial charge in [-0.15, -0.1) is 0 Å². The van der Waals surface area contributed by atoms with Crippen molar-refractivity contribution in [1.29, 1.82) is 0 Å². The minimum atomic E-state index is -6.34. The fraction of sp³-hybridized carbons (Fsp3) is 0.182. The molecule has 0 unspecified atom stereocenters. The first-order valence-corrected chi connectivity index (χ1v) is 9.38. The number of amides is 2. The lowest BCUT2D eigenvalue weighted by Crippen LogP contribution is -2.51. The van der Waals surface area contributed by atoms with Crippen molar-refractivity contribution in [2.45, 2.75) is 24.9 Å². The van der Waals surface area contributed by atoms with Gasteiger partial charge in [-0.2, -0.15) is 26.3 Å². The quantitative estimate of drug-likeness (QED) is 0.355. The van der Waals surface area contributed by atoms with E-state index in [-0.39, 0.29) is 16.8 Å². The zero-order valence-corrected chi connectivity index (χ0v) is 16.6. The van der Waals surface area contributed by atoms with Gasteiger partial charge in [-0.3, -0.25) is 9.59 Å². The molecule has 3 aromatic rings. The lowest BCUT2D eigenvalue weighted by atomic mass is 9.89. The molecule has 0 radical (unpaired) electrons. The fourth-order valence-electron chi connectivity index (χ4n) is 3.90. The number of anilines is 1. The molecular formula is C22H13F7N2O2. The SMILES string of the molecule is Cc1c(N2C(=O)c3cccc(-n4cccc4)c3C2=O)cccc1C(F)(C(F)(F)F)C(F)(F)F. The van der Waals surface area contributed by atoms with Crippen molar-refractivity contribution in [2.24, 2.45) is 0 Å². The van der Waals surface area contributed by atoms with Crippen LogP contribution in [0.4, 0.5) is 36.4 Å². The highest BCUT2D eigenvalue weighted by molar-refractivity contribution is 6.35. The summed E-state index contributed by atoms with van der Waals surface area (Å²) in [5.74, 6) is -1.91. The minimum Gasteiger partial charge on any atom is -0.323 e. The summed E-state index contributed by atoms with van der Waals surface area (Å²) in [6, 6.07) is 9.68. The number of imide groups is 1. The van der Waals surface area contributed by atoms with Crippen LogP contribution in [-0.2, 0) is 5.67 Å². The Hall–Kier alpha value is -3.63. The summed E-state index contributed by atoms with van der Waals surface area (Å²) >= 11 is 0. The number of carbonyl (C=O) groups is 2. The predicted molar refractivity (Wildman–Crippen MR) is 103 cm³/mol. The van der Waals surface area contributed by atoms with E-state index in [4.69, 9.17) is 0 Å². The maximum Gasteiger partial charge on any atom is 0.435 e. The third-order valence-electron chi connectivity index (χ3n) is 5.47. The molecule has 11 heteroatoms. The average molecular weight is 470 g/mol. The van der Waals surface area contributed by atoms with E-state index in [9.17, 15) is 40.3 Å². The van der Waals surface area contributed by atoms with Crippen molar-refractivity contribution in [2.75, 3.05) is 4.90 Å². The van der Waals surface area contributed by atoms with Crippen LogP contribution in [0.1, 0.15) is 31.8 Å². The molecule has 1 aromatic heterocycles. The standard InChI is InChI=1S/C22H13F7N2O2/c1-12-14(20(23,21(24,25)26)22(27,28)29)7-5-8-15(12)31-18(32)13-6-4-9-16(17(13)19(31)33)30-10-2-3-11-30/h2-11H,1H3. The highest BCUT2D eigenvalue weighted by Gasteiger charge is 2.74. The summed E-state index contributed by atoms with van der Waals surface area (Å²) in [6.45, 7) is 0.798. The van der Waals surface area contributed by atoms with Gasteiger partial charge < -0.3 is 4.57 Å². The van der Waals surface area contributed by atoms with E-state index in [2.05, 4.69) is 0 Å². The van der Waals surface area contributed by atoms with Crippen LogP contribution in [0.2, 0.25) is 0 Å². The first-order chi connectivity index (χ1) is 15.3. The molecule has 4 rings (SSSR count). The van der Waals surface area contributed by atoms with Gasteiger partial charge in [0.2, 0.25) is 0 Å². The fourth-order valence-corrected chi connectivity index (χ4v) is 3.90. The minimum absolute atomic E-state index is 0.0818. The molecule has 0 saturated heterocycles. The zero-order valence-electron chi connectivity index (χ0n) is 16.6. The molecule has 172 valence electrons. The largest absolute Gasteiger partial charge is 0.435 e. The lowest BCUT2D eigenvalue weighted by Gasteiger charge is -2.32. The van der Waals surface area contributed by atoms with E-state index >= 15 is 0 Å². The van der Waals surface area contributed by atoms with E-state index < -0.39 is 46.7 Å². The van der Waals surface area contributed by atoms with Crippen molar-refractivity contribution < 1.29 is 40.3 Å². The summed E-state index contributed by atoms with van der Waals surface area (Å²) in [4.78, 5) is 26.6. The second-order valence-corrected chi connectivity index (χ2v) is 7.34. The third kappa shape index (κ3) is 3.13. The molecule has 0 spiro atoms. The van der Waals surface area contributed by atoms with Gasteiger partial charge >= 0.3 is 18.0 Å². The maximum atomic E-state index is 14.7. The van der Waals surface area contributed by atoms with Gasteiger partial charge in [0.15, 0.2) is 0 Å². The van der Waals surface area contributed by atoms with Crippen LogP contribution in [0.3, 0.4) is 0 Å². The number of aromatic nitrogens is 1. The molecule has 0 atom stereocenters. The molecule has 0 saturated carbocycles. The average Bonchev–Trinajstić information content (AvgIpc) is 3.34. The highest BCUT2D eigenvalue weighted by Crippen LogP contribution is 2.54. The monoisotopic (exact) mass is 470 g/mol. The Labute approximate surface area is 181 Å². The predicted octanol–water partition coefficient (Wildman–Crippen LogP) is 5.88. The first kappa shape index (κ1) is 22.6. The van der Waals surface area contributed by atoms with Crippen molar-refractivity contribution in [1.82, 2.24) is 4.57 Å². The molecule has 0 N–H and O–H groups in total. The second-order valence-electron chi connectivity index (χ2n) is 7.34. The Kier molecular flexibility index (Phi) is 4.91. The van der Waals surface area contributed by atoms with Crippen molar-refractivity contribution >= 4 is 17.5 Å². The van der Waals surface area contributed by atoms with E-state index in [1.807, 2.05) is 0 Å². The molecular weight excluding hydrogens is 457 g/mol. The Balaban J connectivity index is 1.89. The van der Waals surface area contributed by atoms with E-state index in [1.54, 1.807) is 24.5 Å². The summed E-state index contributed by atoms with van der Waals surface area (Å²) in [5, 5.41) is 0. The molecule has 2 aromatic carbocycles. The second kappa shape index (κ2) is 7.19. The summed E-state index contributed by atoms with van der Waals surface area (Å²) in [5.41, 5.74) is -8.75. The van der Waals surface area contributed by atoms with Crippen LogP contribution in [0, 0.1) is 6.92 Å².